The van der Waals surface area contributed by atoms with E-state index in [2.05, 4.69) is 4.98 Å². The van der Waals surface area contributed by atoms with Crippen molar-refractivity contribution >= 4 is 6.29 Å². The Labute approximate surface area is 71.4 Å². The molecule has 0 radical (unpaired) electrons. The van der Waals surface area contributed by atoms with Crippen LogP contribution in [0.4, 0.5) is 0 Å². The number of aldehydes is 1. The lowest BCUT2D eigenvalue weighted by Gasteiger charge is -2.01. The molecule has 0 bridgehead atoms. The number of hydrogen-bond acceptors (Lipinski definition) is 3. The van der Waals surface area contributed by atoms with Crippen LogP contribution in [0.15, 0.2) is 18.3 Å². The first-order valence-electron chi connectivity index (χ1n) is 3.88. The van der Waals surface area contributed by atoms with Crippen LogP contribution in [0.1, 0.15) is 12.5 Å². The standard InChI is InChI=1S/C9H11NO2/c1-2-12-9-7-8(4-6-11)3-5-10-9/h3,5-7H,2,4H2,1H3. The van der Waals surface area contributed by atoms with Crippen molar-refractivity contribution in [2.45, 2.75) is 13.3 Å². The first-order chi connectivity index (χ1) is 5.86. The van der Waals surface area contributed by atoms with Gasteiger partial charge >= 0.3 is 0 Å². The summed E-state index contributed by atoms with van der Waals surface area (Å²) in [6.45, 7) is 2.49. The fraction of sp³-hybridized carbons (Fsp3) is 0.333. The Morgan fingerprint density at radius 3 is 3.17 bits per heavy atom. The van der Waals surface area contributed by atoms with E-state index in [-0.39, 0.29) is 0 Å². The highest BCUT2D eigenvalue weighted by molar-refractivity contribution is 5.54. The largest absolute Gasteiger partial charge is 0.478 e. The molecule has 12 heavy (non-hydrogen) atoms. The molecule has 0 aliphatic carbocycles. The van der Waals surface area contributed by atoms with E-state index in [1.54, 1.807) is 18.3 Å². The van der Waals surface area contributed by atoms with Crippen molar-refractivity contribution in [1.29, 1.82) is 0 Å². The van der Waals surface area contributed by atoms with Gasteiger partial charge in [-0.1, -0.05) is 0 Å². The minimum atomic E-state index is 0.419. The van der Waals surface area contributed by atoms with Gasteiger partial charge in [0.15, 0.2) is 0 Å². The second-order valence-electron chi connectivity index (χ2n) is 2.31. The molecule has 1 aromatic rings. The molecule has 1 rings (SSSR count). The summed E-state index contributed by atoms with van der Waals surface area (Å²) >= 11 is 0. The lowest BCUT2D eigenvalue weighted by Crippen LogP contribution is -1.95. The average molecular weight is 165 g/mol. The summed E-state index contributed by atoms with van der Waals surface area (Å²) in [6, 6.07) is 3.58. The highest BCUT2D eigenvalue weighted by atomic mass is 16.5. The summed E-state index contributed by atoms with van der Waals surface area (Å²) in [5, 5.41) is 0. The van der Waals surface area contributed by atoms with Crippen LogP contribution in [0.25, 0.3) is 0 Å². The van der Waals surface area contributed by atoms with Gasteiger partial charge in [-0.25, -0.2) is 4.98 Å². The Morgan fingerprint density at radius 2 is 2.50 bits per heavy atom. The molecular formula is C9H11NO2. The van der Waals surface area contributed by atoms with Gasteiger partial charge in [-0.2, -0.15) is 0 Å². The van der Waals surface area contributed by atoms with E-state index < -0.39 is 0 Å². The lowest BCUT2D eigenvalue weighted by atomic mass is 10.2. The topological polar surface area (TPSA) is 39.2 Å². The Bertz CT molecular complexity index is 260. The molecule has 0 amide bonds. The van der Waals surface area contributed by atoms with Crippen LogP contribution >= 0.6 is 0 Å². The van der Waals surface area contributed by atoms with Crippen molar-refractivity contribution in [1.82, 2.24) is 4.98 Å². The number of nitrogens with zero attached hydrogens (tertiary/aromatic N) is 1. The van der Waals surface area contributed by atoms with Crippen LogP contribution in [0, 0.1) is 0 Å². The highest BCUT2D eigenvalue weighted by Crippen LogP contribution is 2.08. The summed E-state index contributed by atoms with van der Waals surface area (Å²) in [6.07, 6.45) is 2.93. The van der Waals surface area contributed by atoms with Gasteiger partial charge in [0.2, 0.25) is 5.88 Å². The number of carbonyl (C=O) groups excluding carboxylic acids is 1. The van der Waals surface area contributed by atoms with Crippen molar-refractivity contribution in [3.63, 3.8) is 0 Å². The number of ether oxygens (including phenoxy) is 1. The SMILES string of the molecule is CCOc1cc(CC=O)ccn1. The van der Waals surface area contributed by atoms with Gasteiger partial charge < -0.3 is 9.53 Å². The summed E-state index contributed by atoms with van der Waals surface area (Å²) in [4.78, 5) is 14.2. The van der Waals surface area contributed by atoms with E-state index >= 15 is 0 Å². The third-order valence-corrected chi connectivity index (χ3v) is 1.41. The molecule has 3 heteroatoms. The third-order valence-electron chi connectivity index (χ3n) is 1.41. The Morgan fingerprint density at radius 1 is 1.67 bits per heavy atom. The minimum Gasteiger partial charge on any atom is -0.478 e. The molecule has 0 saturated carbocycles. The lowest BCUT2D eigenvalue weighted by molar-refractivity contribution is -0.107. The van der Waals surface area contributed by atoms with Crippen molar-refractivity contribution in [2.75, 3.05) is 6.61 Å². The summed E-state index contributed by atoms with van der Waals surface area (Å²) in [7, 11) is 0. The first kappa shape index (κ1) is 8.71. The maximum Gasteiger partial charge on any atom is 0.213 e. The smallest absolute Gasteiger partial charge is 0.213 e. The van der Waals surface area contributed by atoms with E-state index in [0.29, 0.717) is 18.9 Å². The summed E-state index contributed by atoms with van der Waals surface area (Å²) < 4.78 is 5.17. The third kappa shape index (κ3) is 2.34. The molecule has 0 fully saturated rings. The molecule has 0 atom stereocenters. The quantitative estimate of drug-likeness (QED) is 0.630. The van der Waals surface area contributed by atoms with Gasteiger partial charge in [0, 0.05) is 18.7 Å². The van der Waals surface area contributed by atoms with Crippen molar-refractivity contribution in [3.8, 4) is 5.88 Å². The molecule has 3 nitrogen and oxygen atoms in total. The van der Waals surface area contributed by atoms with Crippen LogP contribution in [0.3, 0.4) is 0 Å². The molecule has 0 unspecified atom stereocenters. The van der Waals surface area contributed by atoms with Crippen molar-refractivity contribution in [3.05, 3.63) is 23.9 Å². The molecule has 0 saturated heterocycles. The van der Waals surface area contributed by atoms with E-state index in [9.17, 15) is 4.79 Å². The summed E-state index contributed by atoms with van der Waals surface area (Å²) in [5.41, 5.74) is 0.934. The zero-order valence-electron chi connectivity index (χ0n) is 6.99. The molecule has 0 N–H and O–H groups in total. The fourth-order valence-corrected chi connectivity index (χ4v) is 0.900. The Kier molecular flexibility index (Phi) is 3.26. The zero-order chi connectivity index (χ0) is 8.81. The van der Waals surface area contributed by atoms with E-state index in [0.717, 1.165) is 11.8 Å². The van der Waals surface area contributed by atoms with Crippen LogP contribution < -0.4 is 4.74 Å². The predicted molar refractivity (Wildman–Crippen MR) is 45.2 cm³/mol. The van der Waals surface area contributed by atoms with Crippen molar-refractivity contribution in [2.24, 2.45) is 0 Å². The first-order valence-corrected chi connectivity index (χ1v) is 3.88. The monoisotopic (exact) mass is 165 g/mol. The van der Waals surface area contributed by atoms with Gasteiger partial charge in [0.1, 0.15) is 6.29 Å². The number of carbonyl (C=O) groups is 1. The molecule has 1 heterocycles. The highest BCUT2D eigenvalue weighted by Gasteiger charge is 1.95. The number of hydrogen-bond donors (Lipinski definition) is 0. The molecule has 0 aliphatic heterocycles. The summed E-state index contributed by atoms with van der Waals surface area (Å²) in [5.74, 6) is 0.580. The number of rotatable bonds is 4. The second-order valence-corrected chi connectivity index (χ2v) is 2.31. The molecule has 0 aromatic carbocycles. The molecular weight excluding hydrogens is 154 g/mol. The number of pyridine rings is 1. The van der Waals surface area contributed by atoms with Crippen LogP contribution in [0.2, 0.25) is 0 Å². The van der Waals surface area contributed by atoms with Gasteiger partial charge in [-0.05, 0) is 18.6 Å². The second kappa shape index (κ2) is 4.49. The molecule has 0 aliphatic rings. The minimum absolute atomic E-state index is 0.419. The molecule has 0 spiro atoms. The Hall–Kier alpha value is -1.38. The zero-order valence-corrected chi connectivity index (χ0v) is 6.99. The van der Waals surface area contributed by atoms with Crippen LogP contribution in [-0.4, -0.2) is 17.9 Å². The van der Waals surface area contributed by atoms with E-state index in [4.69, 9.17) is 4.74 Å². The van der Waals surface area contributed by atoms with E-state index in [1.807, 2.05) is 6.92 Å². The van der Waals surface area contributed by atoms with Crippen LogP contribution in [-0.2, 0) is 11.2 Å². The van der Waals surface area contributed by atoms with E-state index in [1.165, 1.54) is 0 Å². The number of aromatic nitrogens is 1. The molecule has 64 valence electrons. The van der Waals surface area contributed by atoms with Crippen LogP contribution in [0.5, 0.6) is 5.88 Å². The Balaban J connectivity index is 2.73. The van der Waals surface area contributed by atoms with Crippen molar-refractivity contribution < 1.29 is 9.53 Å². The maximum atomic E-state index is 10.2. The van der Waals surface area contributed by atoms with Gasteiger partial charge in [-0.15, -0.1) is 0 Å². The maximum absolute atomic E-state index is 10.2. The average Bonchev–Trinajstić information content (AvgIpc) is 2.06. The van der Waals surface area contributed by atoms with Gasteiger partial charge in [0.05, 0.1) is 6.61 Å². The van der Waals surface area contributed by atoms with Gasteiger partial charge in [0.25, 0.3) is 0 Å². The molecule has 1 aromatic heterocycles. The predicted octanol–water partition coefficient (Wildman–Crippen LogP) is 1.22. The normalized spacial score (nSPS) is 9.42. The van der Waals surface area contributed by atoms with Gasteiger partial charge in [-0.3, -0.25) is 0 Å². The fourth-order valence-electron chi connectivity index (χ4n) is 0.900.